The number of nitrogens with zero attached hydrogens (tertiary/aromatic N) is 4. The summed E-state index contributed by atoms with van der Waals surface area (Å²) in [6, 6.07) is 17.1. The van der Waals surface area contributed by atoms with Gasteiger partial charge < -0.3 is 9.26 Å². The summed E-state index contributed by atoms with van der Waals surface area (Å²) in [5, 5.41) is 6.52. The Morgan fingerprint density at radius 1 is 1.06 bits per heavy atom. The van der Waals surface area contributed by atoms with Crippen LogP contribution in [-0.2, 0) is 5.75 Å². The third-order valence-corrected chi connectivity index (χ3v) is 6.70. The van der Waals surface area contributed by atoms with Crippen LogP contribution in [0.2, 0.25) is 0 Å². The molecule has 5 rings (SSSR count). The van der Waals surface area contributed by atoms with Gasteiger partial charge in [0.1, 0.15) is 10.4 Å². The van der Waals surface area contributed by atoms with Gasteiger partial charge in [-0.3, -0.25) is 9.36 Å². The zero-order valence-electron chi connectivity index (χ0n) is 17.3. The van der Waals surface area contributed by atoms with Gasteiger partial charge in [0.2, 0.25) is 11.7 Å². The Kier molecular flexibility index (Phi) is 5.50. The number of thiophene rings is 1. The summed E-state index contributed by atoms with van der Waals surface area (Å²) in [5.74, 6) is 2.11. The lowest BCUT2D eigenvalue weighted by molar-refractivity contribution is 0.391. The highest BCUT2D eigenvalue weighted by Crippen LogP contribution is 2.27. The average Bonchev–Trinajstić information content (AvgIpc) is 3.48. The first kappa shape index (κ1) is 20.5. The predicted molar refractivity (Wildman–Crippen MR) is 126 cm³/mol. The van der Waals surface area contributed by atoms with Crippen molar-refractivity contribution in [2.45, 2.75) is 17.8 Å². The Hall–Kier alpha value is -3.43. The molecule has 9 heteroatoms. The van der Waals surface area contributed by atoms with E-state index in [-0.39, 0.29) is 5.56 Å². The van der Waals surface area contributed by atoms with Crippen molar-refractivity contribution in [2.24, 2.45) is 0 Å². The standard InChI is InChI=1S/C23H18N4O3S2/c1-14-3-5-15(6-4-14)21-25-19(30-26-21)13-32-23-24-18-11-12-31-20(18)22(28)27(23)16-7-9-17(29-2)10-8-16/h3-12H,13H2,1-2H3. The number of methoxy groups -OCH3 is 1. The van der Waals surface area contributed by atoms with Crippen LogP contribution >= 0.6 is 23.1 Å². The summed E-state index contributed by atoms with van der Waals surface area (Å²) >= 11 is 2.76. The molecule has 0 radical (unpaired) electrons. The van der Waals surface area contributed by atoms with Crippen molar-refractivity contribution in [1.29, 1.82) is 0 Å². The first-order valence-corrected chi connectivity index (χ1v) is 11.7. The van der Waals surface area contributed by atoms with E-state index in [1.807, 2.05) is 66.9 Å². The first-order chi connectivity index (χ1) is 15.6. The third-order valence-electron chi connectivity index (χ3n) is 4.88. The summed E-state index contributed by atoms with van der Waals surface area (Å²) in [4.78, 5) is 22.4. The minimum Gasteiger partial charge on any atom is -0.497 e. The van der Waals surface area contributed by atoms with Crippen molar-refractivity contribution in [3.8, 4) is 22.8 Å². The van der Waals surface area contributed by atoms with Crippen LogP contribution in [0.1, 0.15) is 11.5 Å². The van der Waals surface area contributed by atoms with Crippen LogP contribution in [0.4, 0.5) is 0 Å². The van der Waals surface area contributed by atoms with Crippen LogP contribution in [0.15, 0.2) is 74.5 Å². The lowest BCUT2D eigenvalue weighted by Crippen LogP contribution is -2.20. The minimum absolute atomic E-state index is 0.108. The molecule has 2 aromatic carbocycles. The molecule has 0 unspecified atom stereocenters. The molecule has 0 fully saturated rings. The van der Waals surface area contributed by atoms with Gasteiger partial charge in [0.25, 0.3) is 5.56 Å². The zero-order chi connectivity index (χ0) is 22.1. The van der Waals surface area contributed by atoms with Crippen LogP contribution in [0.25, 0.3) is 27.3 Å². The van der Waals surface area contributed by atoms with Gasteiger partial charge in [-0.15, -0.1) is 11.3 Å². The predicted octanol–water partition coefficient (Wildman–Crippen LogP) is 5.11. The third kappa shape index (κ3) is 3.92. The second-order valence-electron chi connectivity index (χ2n) is 7.03. The molecule has 160 valence electrons. The molecule has 0 amide bonds. The van der Waals surface area contributed by atoms with Gasteiger partial charge in [0, 0.05) is 5.56 Å². The van der Waals surface area contributed by atoms with Crippen LogP contribution < -0.4 is 10.3 Å². The summed E-state index contributed by atoms with van der Waals surface area (Å²) in [7, 11) is 1.61. The van der Waals surface area contributed by atoms with E-state index in [1.54, 1.807) is 11.7 Å². The quantitative estimate of drug-likeness (QED) is 0.256. The molecule has 0 N–H and O–H groups in total. The van der Waals surface area contributed by atoms with E-state index in [0.29, 0.717) is 38.5 Å². The van der Waals surface area contributed by atoms with Crippen molar-refractivity contribution in [1.82, 2.24) is 19.7 Å². The van der Waals surface area contributed by atoms with Crippen LogP contribution in [0.5, 0.6) is 5.75 Å². The topological polar surface area (TPSA) is 83.0 Å². The van der Waals surface area contributed by atoms with Gasteiger partial charge in [0.15, 0.2) is 5.16 Å². The van der Waals surface area contributed by atoms with E-state index in [1.165, 1.54) is 28.7 Å². The lowest BCUT2D eigenvalue weighted by atomic mass is 10.1. The van der Waals surface area contributed by atoms with Gasteiger partial charge in [-0.05, 0) is 42.6 Å². The summed E-state index contributed by atoms with van der Waals surface area (Å²) < 4.78 is 12.9. The smallest absolute Gasteiger partial charge is 0.276 e. The van der Waals surface area contributed by atoms with Gasteiger partial charge in [-0.25, -0.2) is 4.98 Å². The van der Waals surface area contributed by atoms with Crippen molar-refractivity contribution in [3.63, 3.8) is 0 Å². The SMILES string of the molecule is COc1ccc(-n2c(SCc3nc(-c4ccc(C)cc4)no3)nc3ccsc3c2=O)cc1. The van der Waals surface area contributed by atoms with Gasteiger partial charge >= 0.3 is 0 Å². The molecule has 32 heavy (non-hydrogen) atoms. The molecule has 7 nitrogen and oxygen atoms in total. The number of rotatable bonds is 6. The molecule has 0 aliphatic heterocycles. The van der Waals surface area contributed by atoms with E-state index in [4.69, 9.17) is 14.2 Å². The number of aryl methyl sites for hydroxylation is 1. The van der Waals surface area contributed by atoms with Crippen LogP contribution in [0, 0.1) is 6.92 Å². The van der Waals surface area contributed by atoms with Gasteiger partial charge in [-0.1, -0.05) is 46.7 Å². The molecule has 0 saturated carbocycles. The maximum absolute atomic E-state index is 13.2. The van der Waals surface area contributed by atoms with E-state index in [0.717, 1.165) is 11.3 Å². The molecule has 0 aliphatic carbocycles. The molecule has 5 aromatic rings. The largest absolute Gasteiger partial charge is 0.497 e. The van der Waals surface area contributed by atoms with Crippen molar-refractivity contribution in [3.05, 3.63) is 81.8 Å². The Balaban J connectivity index is 1.47. The minimum atomic E-state index is -0.108. The highest BCUT2D eigenvalue weighted by atomic mass is 32.2. The number of aromatic nitrogens is 4. The molecule has 0 aliphatic rings. The number of benzene rings is 2. The Morgan fingerprint density at radius 2 is 1.84 bits per heavy atom. The van der Waals surface area contributed by atoms with Crippen molar-refractivity contribution < 1.29 is 9.26 Å². The van der Waals surface area contributed by atoms with E-state index in [2.05, 4.69) is 10.1 Å². The molecular formula is C23H18N4O3S2. The lowest BCUT2D eigenvalue weighted by Gasteiger charge is -2.12. The number of hydrogen-bond acceptors (Lipinski definition) is 8. The van der Waals surface area contributed by atoms with Crippen molar-refractivity contribution in [2.75, 3.05) is 7.11 Å². The Bertz CT molecular complexity index is 1440. The fourth-order valence-corrected chi connectivity index (χ4v) is 4.82. The highest BCUT2D eigenvalue weighted by molar-refractivity contribution is 7.98. The van der Waals surface area contributed by atoms with Crippen molar-refractivity contribution >= 4 is 33.3 Å². The maximum Gasteiger partial charge on any atom is 0.276 e. The second kappa shape index (κ2) is 8.60. The molecule has 0 saturated heterocycles. The van der Waals surface area contributed by atoms with Gasteiger partial charge in [0.05, 0.1) is 24.1 Å². The van der Waals surface area contributed by atoms with E-state index < -0.39 is 0 Å². The number of thioether (sulfide) groups is 1. The monoisotopic (exact) mass is 462 g/mol. The number of fused-ring (bicyclic) bond motifs is 1. The normalized spacial score (nSPS) is 11.2. The molecule has 0 bridgehead atoms. The van der Waals surface area contributed by atoms with Crippen LogP contribution in [0.3, 0.4) is 0 Å². The van der Waals surface area contributed by atoms with Gasteiger partial charge in [-0.2, -0.15) is 4.98 Å². The first-order valence-electron chi connectivity index (χ1n) is 9.79. The molecule has 0 spiro atoms. The Morgan fingerprint density at radius 3 is 2.59 bits per heavy atom. The molecule has 3 heterocycles. The maximum atomic E-state index is 13.2. The molecular weight excluding hydrogens is 444 g/mol. The summed E-state index contributed by atoms with van der Waals surface area (Å²) in [5.41, 5.74) is 3.34. The molecule has 0 atom stereocenters. The second-order valence-corrected chi connectivity index (χ2v) is 8.89. The number of hydrogen-bond donors (Lipinski definition) is 0. The zero-order valence-corrected chi connectivity index (χ0v) is 18.9. The summed E-state index contributed by atoms with van der Waals surface area (Å²) in [6.45, 7) is 2.03. The fourth-order valence-electron chi connectivity index (χ4n) is 3.21. The summed E-state index contributed by atoms with van der Waals surface area (Å²) in [6.07, 6.45) is 0. The average molecular weight is 463 g/mol. The highest BCUT2D eigenvalue weighted by Gasteiger charge is 2.16. The van der Waals surface area contributed by atoms with E-state index in [9.17, 15) is 4.79 Å². The fraction of sp³-hybridized carbons (Fsp3) is 0.130. The van der Waals surface area contributed by atoms with E-state index >= 15 is 0 Å². The Labute approximate surface area is 191 Å². The molecule has 3 aromatic heterocycles. The van der Waals surface area contributed by atoms with Crippen LogP contribution in [-0.4, -0.2) is 26.8 Å². The number of ether oxygens (including phenoxy) is 1.